The first-order valence-electron chi connectivity index (χ1n) is 8.31. The molecular weight excluding hydrogens is 333 g/mol. The van der Waals surface area contributed by atoms with Crippen molar-refractivity contribution in [1.82, 2.24) is 4.68 Å². The van der Waals surface area contributed by atoms with Crippen LogP contribution in [0.25, 0.3) is 11.3 Å². The van der Waals surface area contributed by atoms with E-state index in [0.717, 1.165) is 28.0 Å². The van der Waals surface area contributed by atoms with Gasteiger partial charge in [0.1, 0.15) is 5.82 Å². The van der Waals surface area contributed by atoms with Gasteiger partial charge in [-0.1, -0.05) is 31.2 Å². The largest absolute Gasteiger partial charge is 0.258 e. The molecule has 3 nitrogen and oxygen atoms in total. The van der Waals surface area contributed by atoms with Crippen molar-refractivity contribution < 1.29 is 4.39 Å². The number of rotatable bonds is 5. The van der Waals surface area contributed by atoms with Gasteiger partial charge in [-0.3, -0.25) is 4.99 Å². The molecule has 3 rings (SSSR count). The highest BCUT2D eigenvalue weighted by Crippen LogP contribution is 2.20. The Morgan fingerprint density at radius 1 is 1.04 bits per heavy atom. The minimum atomic E-state index is -0.247. The van der Waals surface area contributed by atoms with E-state index in [1.165, 1.54) is 29.0 Å². The maximum Gasteiger partial charge on any atom is 0.206 e. The standard InChI is InChI=1S/C20H20FN3S/c1-3-15-5-7-16(8-6-15)13-23-24-19(14-25-20(24)22-4-2)17-9-11-18(21)12-10-17/h5-14H,3-4H2,1-2H3/b22-20?,23-13+. The number of nitrogens with zero attached hydrogens (tertiary/aromatic N) is 3. The lowest BCUT2D eigenvalue weighted by Gasteiger charge is -2.04. The van der Waals surface area contributed by atoms with Crippen LogP contribution in [0, 0.1) is 5.82 Å². The summed E-state index contributed by atoms with van der Waals surface area (Å²) in [5, 5.41) is 6.62. The van der Waals surface area contributed by atoms with Gasteiger partial charge in [-0.25, -0.2) is 9.07 Å². The Morgan fingerprint density at radius 3 is 2.40 bits per heavy atom. The minimum Gasteiger partial charge on any atom is -0.258 e. The molecule has 0 aliphatic rings. The smallest absolute Gasteiger partial charge is 0.206 e. The minimum absolute atomic E-state index is 0.247. The summed E-state index contributed by atoms with van der Waals surface area (Å²) in [5.74, 6) is -0.247. The van der Waals surface area contributed by atoms with Gasteiger partial charge in [0.15, 0.2) is 0 Å². The van der Waals surface area contributed by atoms with E-state index < -0.39 is 0 Å². The van der Waals surface area contributed by atoms with E-state index in [-0.39, 0.29) is 5.82 Å². The topological polar surface area (TPSA) is 29.6 Å². The van der Waals surface area contributed by atoms with Crippen molar-refractivity contribution in [3.8, 4) is 11.3 Å². The van der Waals surface area contributed by atoms with E-state index >= 15 is 0 Å². The Hall–Kier alpha value is -2.53. The fourth-order valence-electron chi connectivity index (χ4n) is 2.44. The Kier molecular flexibility index (Phi) is 5.56. The Morgan fingerprint density at radius 2 is 1.76 bits per heavy atom. The molecule has 3 aromatic rings. The summed E-state index contributed by atoms with van der Waals surface area (Å²) < 4.78 is 15.0. The van der Waals surface area contributed by atoms with Gasteiger partial charge in [-0.05, 0) is 48.7 Å². The number of hydrogen-bond donors (Lipinski definition) is 0. The van der Waals surface area contributed by atoms with E-state index in [1.807, 2.05) is 23.2 Å². The van der Waals surface area contributed by atoms with Crippen molar-refractivity contribution in [3.05, 3.63) is 75.7 Å². The number of aryl methyl sites for hydroxylation is 1. The summed E-state index contributed by atoms with van der Waals surface area (Å²) in [5.41, 5.74) is 4.14. The summed E-state index contributed by atoms with van der Waals surface area (Å²) in [4.78, 5) is 5.33. The lowest BCUT2D eigenvalue weighted by molar-refractivity contribution is 0.628. The number of hydrogen-bond acceptors (Lipinski definition) is 3. The SMILES string of the molecule is CCN=c1scc(-c2ccc(F)cc2)n1/N=C/c1ccc(CC)cc1. The number of benzene rings is 2. The van der Waals surface area contributed by atoms with Crippen LogP contribution in [0.4, 0.5) is 4.39 Å². The van der Waals surface area contributed by atoms with Crippen LogP contribution in [0.5, 0.6) is 0 Å². The molecule has 0 atom stereocenters. The lowest BCUT2D eigenvalue weighted by atomic mass is 10.1. The predicted octanol–water partition coefficient (Wildman–Crippen LogP) is 4.72. The molecule has 0 saturated carbocycles. The second kappa shape index (κ2) is 8.03. The summed E-state index contributed by atoms with van der Waals surface area (Å²) in [6.45, 7) is 4.82. The molecule has 1 heterocycles. The van der Waals surface area contributed by atoms with Gasteiger partial charge < -0.3 is 0 Å². The maximum absolute atomic E-state index is 13.2. The zero-order valence-electron chi connectivity index (χ0n) is 14.3. The second-order valence-corrected chi connectivity index (χ2v) is 6.37. The van der Waals surface area contributed by atoms with Crippen molar-refractivity contribution >= 4 is 17.6 Å². The zero-order chi connectivity index (χ0) is 17.6. The monoisotopic (exact) mass is 353 g/mol. The highest BCUT2D eigenvalue weighted by Gasteiger charge is 2.07. The molecule has 128 valence electrons. The van der Waals surface area contributed by atoms with E-state index in [0.29, 0.717) is 6.54 Å². The molecule has 0 aliphatic carbocycles. The highest BCUT2D eigenvalue weighted by molar-refractivity contribution is 7.07. The van der Waals surface area contributed by atoms with E-state index in [9.17, 15) is 4.39 Å². The van der Waals surface area contributed by atoms with E-state index in [1.54, 1.807) is 12.1 Å². The third kappa shape index (κ3) is 4.12. The molecular formula is C20H20FN3S. The highest BCUT2D eigenvalue weighted by atomic mass is 32.1. The van der Waals surface area contributed by atoms with Crippen LogP contribution >= 0.6 is 11.3 Å². The number of aromatic nitrogens is 1. The van der Waals surface area contributed by atoms with Crippen LogP contribution in [0.15, 0.2) is 64.0 Å². The second-order valence-electron chi connectivity index (χ2n) is 5.54. The Labute approximate surface area is 150 Å². The van der Waals surface area contributed by atoms with Gasteiger partial charge in [-0.15, -0.1) is 11.3 Å². The van der Waals surface area contributed by atoms with E-state index in [2.05, 4.69) is 41.3 Å². The van der Waals surface area contributed by atoms with Gasteiger partial charge in [0.2, 0.25) is 4.80 Å². The molecule has 0 saturated heterocycles. The number of thiazole rings is 1. The molecule has 0 aliphatic heterocycles. The van der Waals surface area contributed by atoms with Crippen LogP contribution in [-0.4, -0.2) is 17.4 Å². The summed E-state index contributed by atoms with van der Waals surface area (Å²) in [6.07, 6.45) is 2.85. The maximum atomic E-state index is 13.2. The molecule has 0 spiro atoms. The van der Waals surface area contributed by atoms with Crippen LogP contribution in [0.1, 0.15) is 25.0 Å². The summed E-state index contributed by atoms with van der Waals surface area (Å²) >= 11 is 1.53. The quantitative estimate of drug-likeness (QED) is 0.594. The molecule has 5 heteroatoms. The van der Waals surface area contributed by atoms with Crippen molar-refractivity contribution in [2.24, 2.45) is 10.1 Å². The molecule has 0 bridgehead atoms. The fraction of sp³-hybridized carbons (Fsp3) is 0.200. The zero-order valence-corrected chi connectivity index (χ0v) is 15.1. The first kappa shape index (κ1) is 17.3. The summed E-state index contributed by atoms with van der Waals surface area (Å²) in [7, 11) is 0. The van der Waals surface area contributed by atoms with Gasteiger partial charge in [-0.2, -0.15) is 5.10 Å². The molecule has 0 fully saturated rings. The molecule has 0 amide bonds. The van der Waals surface area contributed by atoms with Gasteiger partial charge >= 0.3 is 0 Å². The van der Waals surface area contributed by atoms with Crippen LogP contribution < -0.4 is 4.80 Å². The molecule has 1 aromatic heterocycles. The lowest BCUT2D eigenvalue weighted by Crippen LogP contribution is -2.12. The van der Waals surface area contributed by atoms with Gasteiger partial charge in [0.05, 0.1) is 11.9 Å². The van der Waals surface area contributed by atoms with E-state index in [4.69, 9.17) is 0 Å². The Bertz CT molecular complexity index is 919. The van der Waals surface area contributed by atoms with Crippen molar-refractivity contribution in [2.75, 3.05) is 6.54 Å². The van der Waals surface area contributed by atoms with Gasteiger partial charge in [0.25, 0.3) is 0 Å². The predicted molar refractivity (Wildman–Crippen MR) is 103 cm³/mol. The Balaban J connectivity index is 2.00. The fourth-order valence-corrected chi connectivity index (χ4v) is 3.34. The third-order valence-corrected chi connectivity index (χ3v) is 4.68. The average molecular weight is 353 g/mol. The number of halogens is 1. The molecule has 25 heavy (non-hydrogen) atoms. The van der Waals surface area contributed by atoms with Crippen LogP contribution in [0.2, 0.25) is 0 Å². The van der Waals surface area contributed by atoms with Crippen LogP contribution in [0.3, 0.4) is 0 Å². The first-order chi connectivity index (χ1) is 12.2. The molecule has 0 N–H and O–H groups in total. The molecule has 0 radical (unpaired) electrons. The van der Waals surface area contributed by atoms with Crippen molar-refractivity contribution in [1.29, 1.82) is 0 Å². The van der Waals surface area contributed by atoms with Gasteiger partial charge in [0, 0.05) is 17.5 Å². The van der Waals surface area contributed by atoms with Crippen molar-refractivity contribution in [2.45, 2.75) is 20.3 Å². The average Bonchev–Trinajstić information content (AvgIpc) is 3.04. The molecule has 2 aromatic carbocycles. The first-order valence-corrected chi connectivity index (χ1v) is 9.19. The van der Waals surface area contributed by atoms with Crippen LogP contribution in [-0.2, 0) is 6.42 Å². The van der Waals surface area contributed by atoms with Crippen molar-refractivity contribution in [3.63, 3.8) is 0 Å². The normalized spacial score (nSPS) is 12.2. The third-order valence-electron chi connectivity index (χ3n) is 3.83. The molecule has 0 unspecified atom stereocenters. The summed E-state index contributed by atoms with van der Waals surface area (Å²) in [6, 6.07) is 14.8.